The fourth-order valence-electron chi connectivity index (χ4n) is 1.50. The number of rotatable bonds is 11. The van der Waals surface area contributed by atoms with Crippen LogP contribution in [-0.4, -0.2) is 48.2 Å². The second kappa shape index (κ2) is 23.8. The number of hydrogen-bond acceptors (Lipinski definition) is 5. The van der Waals surface area contributed by atoms with E-state index in [9.17, 15) is 4.79 Å². The summed E-state index contributed by atoms with van der Waals surface area (Å²) in [6.45, 7) is 12.5. The van der Waals surface area contributed by atoms with Gasteiger partial charge in [-0.15, -0.1) is 0 Å². The van der Waals surface area contributed by atoms with E-state index in [-0.39, 0.29) is 12.9 Å². The second-order valence-corrected chi connectivity index (χ2v) is 5.38. The first kappa shape index (κ1) is 27.4. The molecule has 0 aliphatic carbocycles. The van der Waals surface area contributed by atoms with E-state index < -0.39 is 6.10 Å². The van der Waals surface area contributed by atoms with Crippen LogP contribution in [-0.2, 0) is 14.3 Å². The van der Waals surface area contributed by atoms with Crippen LogP contribution in [0.15, 0.2) is 0 Å². The molecule has 0 radical (unpaired) electrons. The summed E-state index contributed by atoms with van der Waals surface area (Å²) in [6.07, 6.45) is 6.40. The van der Waals surface area contributed by atoms with Crippen LogP contribution in [0.1, 0.15) is 80.1 Å². The van der Waals surface area contributed by atoms with Crippen LogP contribution in [0.2, 0.25) is 0 Å². The molecule has 0 aliphatic heterocycles. The van der Waals surface area contributed by atoms with Crippen molar-refractivity contribution in [1.82, 2.24) is 0 Å². The van der Waals surface area contributed by atoms with Crippen LogP contribution in [0.5, 0.6) is 0 Å². The predicted octanol–water partition coefficient (Wildman–Crippen LogP) is 3.70. The van der Waals surface area contributed by atoms with Gasteiger partial charge in [0.1, 0.15) is 5.78 Å². The zero-order chi connectivity index (χ0) is 18.5. The maximum atomic E-state index is 10.5. The van der Waals surface area contributed by atoms with Crippen LogP contribution in [0.25, 0.3) is 0 Å². The Hall–Kier alpha value is -0.490. The van der Waals surface area contributed by atoms with Crippen LogP contribution in [0.4, 0.5) is 0 Å². The summed E-state index contributed by atoms with van der Waals surface area (Å²) in [4.78, 5) is 10.5. The van der Waals surface area contributed by atoms with Crippen LogP contribution in [0.3, 0.4) is 0 Å². The van der Waals surface area contributed by atoms with Crippen LogP contribution >= 0.6 is 0 Å². The molecule has 0 aromatic rings. The molecule has 0 spiro atoms. The zero-order valence-corrected chi connectivity index (χ0v) is 16.1. The maximum absolute atomic E-state index is 10.5. The Morgan fingerprint density at radius 1 is 0.957 bits per heavy atom. The van der Waals surface area contributed by atoms with E-state index in [2.05, 4.69) is 6.92 Å². The van der Waals surface area contributed by atoms with Crippen molar-refractivity contribution in [3.05, 3.63) is 0 Å². The van der Waals surface area contributed by atoms with Gasteiger partial charge in [0.2, 0.25) is 0 Å². The Kier molecular flexibility index (Phi) is 28.3. The van der Waals surface area contributed by atoms with Gasteiger partial charge < -0.3 is 24.5 Å². The molecule has 0 aliphatic rings. The molecule has 5 nitrogen and oxygen atoms in total. The Bertz CT molecular complexity index is 213. The zero-order valence-electron chi connectivity index (χ0n) is 16.1. The molecule has 142 valence electrons. The first-order chi connectivity index (χ1) is 10.8. The van der Waals surface area contributed by atoms with E-state index in [0.29, 0.717) is 5.78 Å². The fourth-order valence-corrected chi connectivity index (χ4v) is 1.50. The molecule has 0 heterocycles. The molecule has 0 saturated heterocycles. The highest BCUT2D eigenvalue weighted by molar-refractivity contribution is 5.75. The number of aliphatic hydroxyl groups is 2. The molecule has 23 heavy (non-hydrogen) atoms. The summed E-state index contributed by atoms with van der Waals surface area (Å²) in [5.74, 6) is 0.330. The van der Waals surface area contributed by atoms with Gasteiger partial charge in [0.05, 0.1) is 12.7 Å². The van der Waals surface area contributed by atoms with Gasteiger partial charge in [-0.05, 0) is 41.0 Å². The SMILES string of the molecule is CC(O)CO.CCCCCCCC(C)=O.CCOC(C)OCC. The summed E-state index contributed by atoms with van der Waals surface area (Å²) in [6, 6.07) is 0. The van der Waals surface area contributed by atoms with E-state index in [1.807, 2.05) is 20.8 Å². The number of carbonyl (C=O) groups excluding carboxylic acids is 1. The highest BCUT2D eigenvalue weighted by Crippen LogP contribution is 2.04. The van der Waals surface area contributed by atoms with Gasteiger partial charge in [-0.25, -0.2) is 0 Å². The topological polar surface area (TPSA) is 76.0 Å². The molecule has 0 bridgehead atoms. The lowest BCUT2D eigenvalue weighted by atomic mass is 10.1. The summed E-state index contributed by atoms with van der Waals surface area (Å²) >= 11 is 0. The first-order valence-corrected chi connectivity index (χ1v) is 8.87. The molecule has 1 atom stereocenters. The number of ether oxygens (including phenoxy) is 2. The average Bonchev–Trinajstić information content (AvgIpc) is 2.48. The summed E-state index contributed by atoms with van der Waals surface area (Å²) in [5, 5.41) is 16.0. The van der Waals surface area contributed by atoms with E-state index in [1.54, 1.807) is 6.92 Å². The molecule has 0 aromatic heterocycles. The number of Topliss-reactive ketones (excluding diaryl/α,β-unsaturated/α-hetero) is 1. The van der Waals surface area contributed by atoms with Crippen LogP contribution < -0.4 is 0 Å². The third kappa shape index (κ3) is 38.9. The molecule has 1 unspecified atom stereocenters. The van der Waals surface area contributed by atoms with Gasteiger partial charge in [-0.2, -0.15) is 0 Å². The molecule has 2 N–H and O–H groups in total. The number of unbranched alkanes of at least 4 members (excludes halogenated alkanes) is 4. The van der Waals surface area contributed by atoms with Crippen LogP contribution in [0, 0.1) is 0 Å². The standard InChI is InChI=1S/C9H18O.C6H14O2.C3H8O2/c1-3-4-5-6-7-8-9(2)10;1-4-7-6(3)8-5-2;1-3(5)2-4/h3-8H2,1-2H3;6H,4-5H2,1-3H3;3-5H,2H2,1H3. The van der Waals surface area contributed by atoms with Gasteiger partial charge in [-0.3, -0.25) is 0 Å². The lowest BCUT2D eigenvalue weighted by molar-refractivity contribution is -0.123. The predicted molar refractivity (Wildman–Crippen MR) is 95.5 cm³/mol. The van der Waals surface area contributed by atoms with Gasteiger partial charge in [-0.1, -0.05) is 32.6 Å². The quantitative estimate of drug-likeness (QED) is 0.444. The van der Waals surface area contributed by atoms with Crippen molar-refractivity contribution >= 4 is 5.78 Å². The van der Waals surface area contributed by atoms with E-state index in [1.165, 1.54) is 32.6 Å². The first-order valence-electron chi connectivity index (χ1n) is 8.87. The third-order valence-corrected chi connectivity index (χ3v) is 2.70. The summed E-state index contributed by atoms with van der Waals surface area (Å²) in [7, 11) is 0. The Balaban J connectivity index is -0.000000276. The fraction of sp³-hybridized carbons (Fsp3) is 0.944. The van der Waals surface area contributed by atoms with Crippen molar-refractivity contribution < 1.29 is 24.5 Å². The molecule has 0 fully saturated rings. The van der Waals surface area contributed by atoms with Gasteiger partial charge in [0, 0.05) is 19.6 Å². The minimum absolute atomic E-state index is 0.0370. The maximum Gasteiger partial charge on any atom is 0.154 e. The third-order valence-electron chi connectivity index (χ3n) is 2.70. The van der Waals surface area contributed by atoms with Crippen molar-refractivity contribution in [1.29, 1.82) is 0 Å². The van der Waals surface area contributed by atoms with Gasteiger partial charge >= 0.3 is 0 Å². The number of hydrogen-bond donors (Lipinski definition) is 2. The number of ketones is 1. The van der Waals surface area contributed by atoms with Gasteiger partial charge in [0.15, 0.2) is 6.29 Å². The molecular formula is C18H40O5. The molecule has 0 amide bonds. The van der Waals surface area contributed by atoms with Crippen molar-refractivity contribution in [2.75, 3.05) is 19.8 Å². The van der Waals surface area contributed by atoms with E-state index in [4.69, 9.17) is 19.7 Å². The average molecular weight is 337 g/mol. The van der Waals surface area contributed by atoms with E-state index in [0.717, 1.165) is 26.1 Å². The Labute approximate surface area is 143 Å². The normalized spacial score (nSPS) is 11.2. The molecule has 0 saturated carbocycles. The second-order valence-electron chi connectivity index (χ2n) is 5.38. The monoisotopic (exact) mass is 336 g/mol. The lowest BCUT2D eigenvalue weighted by Gasteiger charge is -2.09. The van der Waals surface area contributed by atoms with Crippen molar-refractivity contribution in [2.45, 2.75) is 92.5 Å². The highest BCUT2D eigenvalue weighted by atomic mass is 16.7. The lowest BCUT2D eigenvalue weighted by Crippen LogP contribution is -2.11. The largest absolute Gasteiger partial charge is 0.394 e. The minimum atomic E-state index is -0.560. The smallest absolute Gasteiger partial charge is 0.154 e. The van der Waals surface area contributed by atoms with E-state index >= 15 is 0 Å². The molecular weight excluding hydrogens is 296 g/mol. The minimum Gasteiger partial charge on any atom is -0.394 e. The molecule has 5 heteroatoms. The van der Waals surface area contributed by atoms with Crippen molar-refractivity contribution in [2.24, 2.45) is 0 Å². The Morgan fingerprint density at radius 3 is 1.70 bits per heavy atom. The number of carbonyl (C=O) groups is 1. The van der Waals surface area contributed by atoms with Gasteiger partial charge in [0.25, 0.3) is 0 Å². The number of aliphatic hydroxyl groups excluding tert-OH is 2. The van der Waals surface area contributed by atoms with Crippen molar-refractivity contribution in [3.8, 4) is 0 Å². The Morgan fingerprint density at radius 2 is 1.39 bits per heavy atom. The summed E-state index contributed by atoms with van der Waals surface area (Å²) < 4.78 is 10.1. The molecule has 0 aromatic carbocycles. The van der Waals surface area contributed by atoms with Crippen molar-refractivity contribution in [3.63, 3.8) is 0 Å². The summed E-state index contributed by atoms with van der Waals surface area (Å²) in [5.41, 5.74) is 0. The molecule has 0 rings (SSSR count). The highest BCUT2D eigenvalue weighted by Gasteiger charge is 1.95.